The third-order valence-electron chi connectivity index (χ3n) is 7.02. The molecule has 0 bridgehead atoms. The summed E-state index contributed by atoms with van der Waals surface area (Å²) in [6.07, 6.45) is 6.33. The molecular formula is C34H27. The maximum absolute atomic E-state index is 3.95. The molecule has 6 rings (SSSR count). The minimum Gasteiger partial charge on any atom is -0.0622 e. The van der Waals surface area contributed by atoms with Crippen molar-refractivity contribution < 1.29 is 0 Å². The van der Waals surface area contributed by atoms with Gasteiger partial charge in [-0.15, -0.1) is 0 Å². The molecule has 34 heavy (non-hydrogen) atoms. The molecular weight excluding hydrogens is 408 g/mol. The van der Waals surface area contributed by atoms with Crippen molar-refractivity contribution in [3.8, 4) is 11.1 Å². The van der Waals surface area contributed by atoms with Crippen molar-refractivity contribution in [1.82, 2.24) is 0 Å². The van der Waals surface area contributed by atoms with Crippen LogP contribution < -0.4 is 0 Å². The minimum atomic E-state index is 0.214. The van der Waals surface area contributed by atoms with E-state index in [0.717, 1.165) is 0 Å². The molecule has 0 saturated carbocycles. The van der Waals surface area contributed by atoms with Crippen LogP contribution in [0.25, 0.3) is 16.7 Å². The quantitative estimate of drug-likeness (QED) is 0.301. The molecule has 0 spiro atoms. The van der Waals surface area contributed by atoms with Crippen LogP contribution in [0.4, 0.5) is 0 Å². The van der Waals surface area contributed by atoms with E-state index in [1.165, 1.54) is 55.7 Å². The zero-order valence-corrected chi connectivity index (χ0v) is 19.6. The average molecular weight is 436 g/mol. The highest BCUT2D eigenvalue weighted by molar-refractivity contribution is 5.87. The largest absolute Gasteiger partial charge is 0.0622 e. The average Bonchev–Trinajstić information content (AvgIpc) is 3.45. The molecule has 0 fully saturated rings. The summed E-state index contributed by atoms with van der Waals surface area (Å²) in [7, 11) is 0. The lowest BCUT2D eigenvalue weighted by Gasteiger charge is -2.20. The standard InChI is InChI=1S/C34H27/c1-23(2)31-21-26(33(24-13-5-3-6-14-24)25-15-7-4-8-16-25)22-32(31)34-29-19-11-9-17-27(29)28-18-10-12-20-30(28)34/h3-21,23,34H,1-2H3. The van der Waals surface area contributed by atoms with E-state index >= 15 is 0 Å². The van der Waals surface area contributed by atoms with Crippen molar-refractivity contribution in [2.45, 2.75) is 19.8 Å². The van der Waals surface area contributed by atoms with E-state index in [9.17, 15) is 0 Å². The van der Waals surface area contributed by atoms with E-state index in [0.29, 0.717) is 5.92 Å². The predicted molar refractivity (Wildman–Crippen MR) is 142 cm³/mol. The highest BCUT2D eigenvalue weighted by Crippen LogP contribution is 2.52. The number of allylic oxidation sites excluding steroid dienone is 5. The Balaban J connectivity index is 1.61. The summed E-state index contributed by atoms with van der Waals surface area (Å²) in [5.74, 6) is 0.624. The number of rotatable bonds is 4. The maximum Gasteiger partial charge on any atom is 0.0361 e. The number of fused-ring (bicyclic) bond motifs is 3. The minimum absolute atomic E-state index is 0.214. The van der Waals surface area contributed by atoms with Gasteiger partial charge in [0.25, 0.3) is 0 Å². The van der Waals surface area contributed by atoms with Gasteiger partial charge in [0.05, 0.1) is 0 Å². The van der Waals surface area contributed by atoms with Crippen LogP contribution in [-0.4, -0.2) is 0 Å². The first kappa shape index (κ1) is 20.7. The van der Waals surface area contributed by atoms with E-state index in [-0.39, 0.29) is 5.92 Å². The van der Waals surface area contributed by atoms with Gasteiger partial charge in [-0.3, -0.25) is 0 Å². The van der Waals surface area contributed by atoms with Crippen LogP contribution in [0.3, 0.4) is 0 Å². The molecule has 4 aromatic carbocycles. The topological polar surface area (TPSA) is 0 Å². The van der Waals surface area contributed by atoms with Crippen LogP contribution in [0.1, 0.15) is 42.0 Å². The number of benzene rings is 4. The van der Waals surface area contributed by atoms with Crippen molar-refractivity contribution >= 4 is 5.57 Å². The van der Waals surface area contributed by atoms with Crippen molar-refractivity contribution in [2.24, 2.45) is 5.92 Å². The molecule has 0 aliphatic heterocycles. The number of hydrogen-bond donors (Lipinski definition) is 0. The van der Waals surface area contributed by atoms with Gasteiger partial charge in [-0.2, -0.15) is 0 Å². The Kier molecular flexibility index (Phi) is 5.15. The number of hydrogen-bond acceptors (Lipinski definition) is 0. The molecule has 0 N–H and O–H groups in total. The van der Waals surface area contributed by atoms with Gasteiger partial charge in [-0.05, 0) is 73.7 Å². The first-order valence-corrected chi connectivity index (χ1v) is 12.1. The molecule has 163 valence electrons. The highest BCUT2D eigenvalue weighted by atomic mass is 14.4. The fourth-order valence-corrected chi connectivity index (χ4v) is 5.49. The Hall–Kier alpha value is -3.90. The van der Waals surface area contributed by atoms with Crippen LogP contribution in [0.2, 0.25) is 0 Å². The molecule has 0 unspecified atom stereocenters. The Morgan fingerprint density at radius 1 is 0.618 bits per heavy atom. The predicted octanol–water partition coefficient (Wildman–Crippen LogP) is 8.63. The summed E-state index contributed by atoms with van der Waals surface area (Å²) in [4.78, 5) is 0. The molecule has 2 aliphatic carbocycles. The SMILES string of the molecule is CC(C)C1=CC(=C(c2ccccc2)c2ccccc2)[C]=C1C1c2ccccc2-c2ccccc21. The Morgan fingerprint density at radius 3 is 1.59 bits per heavy atom. The fraction of sp³-hybridized carbons (Fsp3) is 0.118. The maximum atomic E-state index is 3.95. The van der Waals surface area contributed by atoms with Crippen LogP contribution >= 0.6 is 0 Å². The lowest BCUT2D eigenvalue weighted by atomic mass is 9.83. The first-order chi connectivity index (χ1) is 16.7. The Bertz CT molecular complexity index is 1360. The van der Waals surface area contributed by atoms with E-state index in [1.54, 1.807) is 0 Å². The Morgan fingerprint density at radius 2 is 1.09 bits per heavy atom. The van der Waals surface area contributed by atoms with Crippen LogP contribution in [-0.2, 0) is 0 Å². The third-order valence-corrected chi connectivity index (χ3v) is 7.02. The van der Waals surface area contributed by atoms with E-state index in [1.807, 2.05) is 0 Å². The zero-order chi connectivity index (χ0) is 23.1. The second kappa shape index (κ2) is 8.47. The van der Waals surface area contributed by atoms with Gasteiger partial charge in [0.15, 0.2) is 0 Å². The highest BCUT2D eigenvalue weighted by Gasteiger charge is 2.35. The van der Waals surface area contributed by atoms with Gasteiger partial charge in [-0.1, -0.05) is 123 Å². The van der Waals surface area contributed by atoms with Crippen LogP contribution in [0.5, 0.6) is 0 Å². The third kappa shape index (κ3) is 3.38. The molecule has 0 saturated heterocycles. The summed E-state index contributed by atoms with van der Waals surface area (Å²) >= 11 is 0. The normalized spacial score (nSPS) is 14.6. The molecule has 0 heteroatoms. The molecule has 2 aliphatic rings. The van der Waals surface area contributed by atoms with Crippen LogP contribution in [0, 0.1) is 12.0 Å². The van der Waals surface area contributed by atoms with Crippen molar-refractivity contribution in [3.05, 3.63) is 160 Å². The summed E-state index contributed by atoms with van der Waals surface area (Å²) in [6, 6.07) is 39.2. The lowest BCUT2D eigenvalue weighted by Crippen LogP contribution is -2.06. The lowest BCUT2D eigenvalue weighted by molar-refractivity contribution is 0.761. The summed E-state index contributed by atoms with van der Waals surface area (Å²) in [5, 5.41) is 0. The second-order valence-corrected chi connectivity index (χ2v) is 9.42. The van der Waals surface area contributed by atoms with E-state index in [2.05, 4.69) is 135 Å². The molecule has 0 heterocycles. The Labute approximate surface area is 202 Å². The van der Waals surface area contributed by atoms with Gasteiger partial charge in [0, 0.05) is 5.92 Å². The van der Waals surface area contributed by atoms with Crippen LogP contribution in [0.15, 0.2) is 132 Å². The second-order valence-electron chi connectivity index (χ2n) is 9.42. The summed E-state index contributed by atoms with van der Waals surface area (Å²) < 4.78 is 0. The molecule has 4 aromatic rings. The van der Waals surface area contributed by atoms with Gasteiger partial charge < -0.3 is 0 Å². The first-order valence-electron chi connectivity index (χ1n) is 12.1. The fourth-order valence-electron chi connectivity index (χ4n) is 5.49. The smallest absolute Gasteiger partial charge is 0.0361 e. The molecule has 0 aromatic heterocycles. The molecule has 0 amide bonds. The van der Waals surface area contributed by atoms with Gasteiger partial charge >= 0.3 is 0 Å². The van der Waals surface area contributed by atoms with E-state index in [4.69, 9.17) is 0 Å². The summed E-state index contributed by atoms with van der Waals surface area (Å²) in [5.41, 5.74) is 13.1. The molecule has 0 atom stereocenters. The van der Waals surface area contributed by atoms with Gasteiger partial charge in [0.1, 0.15) is 0 Å². The van der Waals surface area contributed by atoms with Crippen molar-refractivity contribution in [1.29, 1.82) is 0 Å². The van der Waals surface area contributed by atoms with Gasteiger partial charge in [-0.25, -0.2) is 0 Å². The molecule has 0 nitrogen and oxygen atoms in total. The van der Waals surface area contributed by atoms with E-state index < -0.39 is 0 Å². The van der Waals surface area contributed by atoms with Gasteiger partial charge in [0.2, 0.25) is 0 Å². The zero-order valence-electron chi connectivity index (χ0n) is 19.6. The summed E-state index contributed by atoms with van der Waals surface area (Å²) in [6.45, 7) is 4.60. The van der Waals surface area contributed by atoms with Crippen molar-refractivity contribution in [3.63, 3.8) is 0 Å². The monoisotopic (exact) mass is 435 g/mol. The van der Waals surface area contributed by atoms with Crippen molar-refractivity contribution in [2.75, 3.05) is 0 Å². The molecule has 1 radical (unpaired) electrons.